The fraction of sp³-hybridized carbons (Fsp3) is 0. The number of carbonyl (C=O) groups is 1. The molecule has 1 N–H and O–H groups in total. The first-order chi connectivity index (χ1) is 11.6. The van der Waals surface area contributed by atoms with E-state index in [1.54, 1.807) is 30.6 Å². The highest BCUT2D eigenvalue weighted by atomic mass is 32.1. The highest BCUT2D eigenvalue weighted by Crippen LogP contribution is 2.25. The number of hydrogen-bond acceptors (Lipinski definition) is 8. The van der Waals surface area contributed by atoms with Crippen LogP contribution >= 0.6 is 11.3 Å². The minimum absolute atomic E-state index is 0.00747. The summed E-state index contributed by atoms with van der Waals surface area (Å²) in [5.74, 6) is -0.260. The molecule has 3 rings (SSSR count). The van der Waals surface area contributed by atoms with Crippen LogP contribution < -0.4 is 5.32 Å². The summed E-state index contributed by atoms with van der Waals surface area (Å²) in [6.07, 6.45) is 5.86. The highest BCUT2D eigenvalue weighted by molar-refractivity contribution is 7.16. The van der Waals surface area contributed by atoms with Crippen LogP contribution in [0.4, 0.5) is 11.0 Å². The largest absolute Gasteiger partial charge is 0.403 e. The van der Waals surface area contributed by atoms with Gasteiger partial charge < -0.3 is 4.42 Å². The Hall–Kier alpha value is -3.40. The summed E-state index contributed by atoms with van der Waals surface area (Å²) in [6, 6.07) is 6.34. The molecule has 3 aromatic heterocycles. The molecule has 0 saturated heterocycles. The molecule has 0 aliphatic heterocycles. The quantitative estimate of drug-likeness (QED) is 0.429. The number of anilines is 1. The second-order valence-electron chi connectivity index (χ2n) is 4.41. The third kappa shape index (κ3) is 3.67. The van der Waals surface area contributed by atoms with Crippen molar-refractivity contribution >= 4 is 34.3 Å². The summed E-state index contributed by atoms with van der Waals surface area (Å²) in [5, 5.41) is 20.5. The van der Waals surface area contributed by atoms with Crippen molar-refractivity contribution in [1.29, 1.82) is 0 Å². The van der Waals surface area contributed by atoms with Gasteiger partial charge in [-0.2, -0.15) is 0 Å². The Balaban J connectivity index is 1.63. The summed E-state index contributed by atoms with van der Waals surface area (Å²) in [4.78, 5) is 26.4. The van der Waals surface area contributed by atoms with Gasteiger partial charge in [0.1, 0.15) is 0 Å². The molecular weight excluding hydrogens is 334 g/mol. The van der Waals surface area contributed by atoms with Crippen molar-refractivity contribution in [3.05, 3.63) is 57.7 Å². The van der Waals surface area contributed by atoms with Gasteiger partial charge in [-0.15, -0.1) is 5.10 Å². The predicted octanol–water partition coefficient (Wildman–Crippen LogP) is 2.75. The van der Waals surface area contributed by atoms with E-state index in [4.69, 9.17) is 4.42 Å². The fourth-order valence-corrected chi connectivity index (χ4v) is 2.44. The Morgan fingerprint density at radius 1 is 1.33 bits per heavy atom. The molecule has 3 heterocycles. The molecule has 0 fully saturated rings. The average Bonchev–Trinajstić information content (AvgIpc) is 3.23. The SMILES string of the molecule is O=C(C=Cc1ccc([N+](=O)[O-])s1)Nc1nnc(-c2cccnc2)o1. The van der Waals surface area contributed by atoms with Crippen LogP contribution in [0.1, 0.15) is 4.88 Å². The van der Waals surface area contributed by atoms with Gasteiger partial charge in [0, 0.05) is 29.4 Å². The first-order valence-corrected chi connectivity index (χ1v) is 7.40. The van der Waals surface area contributed by atoms with E-state index in [2.05, 4.69) is 20.5 Å². The van der Waals surface area contributed by atoms with E-state index >= 15 is 0 Å². The van der Waals surface area contributed by atoms with Crippen LogP contribution in [0, 0.1) is 10.1 Å². The van der Waals surface area contributed by atoms with Gasteiger partial charge in [0.2, 0.25) is 0 Å². The Labute approximate surface area is 138 Å². The summed E-state index contributed by atoms with van der Waals surface area (Å²) in [7, 11) is 0. The van der Waals surface area contributed by atoms with Gasteiger partial charge in [0.25, 0.3) is 11.8 Å². The van der Waals surface area contributed by atoms with Crippen LogP contribution in [0.2, 0.25) is 0 Å². The molecule has 0 saturated carbocycles. The molecule has 0 unspecified atom stereocenters. The van der Waals surface area contributed by atoms with Crippen molar-refractivity contribution in [3.63, 3.8) is 0 Å². The topological polar surface area (TPSA) is 124 Å². The lowest BCUT2D eigenvalue weighted by atomic mass is 10.3. The zero-order chi connectivity index (χ0) is 16.9. The van der Waals surface area contributed by atoms with Crippen molar-refractivity contribution in [3.8, 4) is 11.5 Å². The van der Waals surface area contributed by atoms with Gasteiger partial charge in [0.05, 0.1) is 10.5 Å². The van der Waals surface area contributed by atoms with Crippen molar-refractivity contribution in [2.24, 2.45) is 0 Å². The first kappa shape index (κ1) is 15.5. The first-order valence-electron chi connectivity index (χ1n) is 6.59. The molecule has 0 atom stereocenters. The van der Waals surface area contributed by atoms with Crippen molar-refractivity contribution in [1.82, 2.24) is 15.2 Å². The highest BCUT2D eigenvalue weighted by Gasteiger charge is 2.11. The Bertz CT molecular complexity index is 903. The molecule has 1 amide bonds. The third-order valence-electron chi connectivity index (χ3n) is 2.76. The summed E-state index contributed by atoms with van der Waals surface area (Å²) in [6.45, 7) is 0. The van der Waals surface area contributed by atoms with Gasteiger partial charge in [-0.05, 0) is 24.3 Å². The third-order valence-corrected chi connectivity index (χ3v) is 3.76. The maximum absolute atomic E-state index is 11.8. The average molecular weight is 343 g/mol. The number of nitro groups is 1. The molecule has 0 aliphatic carbocycles. The van der Waals surface area contributed by atoms with E-state index in [1.807, 2.05) is 0 Å². The summed E-state index contributed by atoms with van der Waals surface area (Å²) < 4.78 is 5.31. The molecule has 0 radical (unpaired) electrons. The normalized spacial score (nSPS) is 10.8. The van der Waals surface area contributed by atoms with Gasteiger partial charge in [0.15, 0.2) is 0 Å². The van der Waals surface area contributed by atoms with Gasteiger partial charge in [-0.3, -0.25) is 25.2 Å². The fourth-order valence-electron chi connectivity index (χ4n) is 1.71. The Kier molecular flexibility index (Phi) is 4.38. The number of nitrogens with zero attached hydrogens (tertiary/aromatic N) is 4. The van der Waals surface area contributed by atoms with Crippen LogP contribution in [0.25, 0.3) is 17.5 Å². The van der Waals surface area contributed by atoms with E-state index in [-0.39, 0.29) is 16.9 Å². The van der Waals surface area contributed by atoms with Crippen molar-refractivity contribution < 1.29 is 14.1 Å². The predicted molar refractivity (Wildman–Crippen MR) is 86.2 cm³/mol. The number of nitrogens with one attached hydrogen (secondary N) is 1. The molecule has 0 spiro atoms. The number of carbonyl (C=O) groups excluding carboxylic acids is 1. The van der Waals surface area contributed by atoms with Crippen LogP contribution in [0.15, 0.2) is 47.2 Å². The zero-order valence-electron chi connectivity index (χ0n) is 11.9. The number of rotatable bonds is 5. The van der Waals surface area contributed by atoms with E-state index < -0.39 is 10.8 Å². The number of pyridine rings is 1. The lowest BCUT2D eigenvalue weighted by molar-refractivity contribution is -0.380. The molecule has 24 heavy (non-hydrogen) atoms. The molecule has 9 nitrogen and oxygen atoms in total. The lowest BCUT2D eigenvalue weighted by Crippen LogP contribution is -2.07. The van der Waals surface area contributed by atoms with Crippen molar-refractivity contribution in [2.45, 2.75) is 0 Å². The second-order valence-corrected chi connectivity index (χ2v) is 5.50. The minimum Gasteiger partial charge on any atom is -0.403 e. The minimum atomic E-state index is -0.493. The molecule has 120 valence electrons. The van der Waals surface area contributed by atoms with Gasteiger partial charge in [-0.25, -0.2) is 0 Å². The van der Waals surface area contributed by atoms with Gasteiger partial charge in [-0.1, -0.05) is 16.4 Å². The number of amides is 1. The standard InChI is InChI=1S/C14H9N5O4S/c20-11(5-3-10-4-6-12(24-10)19(21)22)16-14-18-17-13(23-14)9-2-1-7-15-8-9/h1-8H,(H,16,18,20). The molecule has 0 aliphatic rings. The number of thiophene rings is 1. The summed E-state index contributed by atoms with van der Waals surface area (Å²) >= 11 is 0.966. The van der Waals surface area contributed by atoms with E-state index in [1.165, 1.54) is 18.2 Å². The van der Waals surface area contributed by atoms with E-state index in [0.717, 1.165) is 11.3 Å². The second kappa shape index (κ2) is 6.79. The molecule has 0 bridgehead atoms. The molecular formula is C14H9N5O4S. The lowest BCUT2D eigenvalue weighted by Gasteiger charge is -1.94. The smallest absolute Gasteiger partial charge is 0.324 e. The van der Waals surface area contributed by atoms with E-state index in [0.29, 0.717) is 10.4 Å². The number of hydrogen-bond donors (Lipinski definition) is 1. The summed E-state index contributed by atoms with van der Waals surface area (Å²) in [5.41, 5.74) is 0.631. The van der Waals surface area contributed by atoms with Gasteiger partial charge >= 0.3 is 11.0 Å². The Morgan fingerprint density at radius 2 is 2.21 bits per heavy atom. The molecule has 3 aromatic rings. The maximum atomic E-state index is 11.8. The van der Waals surface area contributed by atoms with E-state index in [9.17, 15) is 14.9 Å². The van der Waals surface area contributed by atoms with Crippen LogP contribution in [-0.4, -0.2) is 26.0 Å². The zero-order valence-corrected chi connectivity index (χ0v) is 12.8. The van der Waals surface area contributed by atoms with Crippen LogP contribution in [0.3, 0.4) is 0 Å². The van der Waals surface area contributed by atoms with Crippen LogP contribution in [0.5, 0.6) is 0 Å². The molecule has 10 heteroatoms. The maximum Gasteiger partial charge on any atom is 0.324 e. The number of aromatic nitrogens is 3. The van der Waals surface area contributed by atoms with Crippen molar-refractivity contribution in [2.75, 3.05) is 5.32 Å². The Morgan fingerprint density at radius 3 is 2.92 bits per heavy atom. The monoisotopic (exact) mass is 343 g/mol. The molecule has 0 aromatic carbocycles. The van der Waals surface area contributed by atoms with Crippen LogP contribution in [-0.2, 0) is 4.79 Å².